The van der Waals surface area contributed by atoms with Crippen molar-refractivity contribution >= 4 is 5.91 Å². The SMILES string of the molecule is O=C1CCC(CNCC2CC(O)C2)N1. The molecule has 0 radical (unpaired) electrons. The molecule has 1 heterocycles. The summed E-state index contributed by atoms with van der Waals surface area (Å²) < 4.78 is 0. The van der Waals surface area contributed by atoms with Gasteiger partial charge in [-0.25, -0.2) is 0 Å². The number of carbonyl (C=O) groups excluding carboxylic acids is 1. The lowest BCUT2D eigenvalue weighted by Gasteiger charge is -2.31. The Bertz CT molecular complexity index is 214. The number of hydrogen-bond donors (Lipinski definition) is 3. The summed E-state index contributed by atoms with van der Waals surface area (Å²) in [6.45, 7) is 1.85. The van der Waals surface area contributed by atoms with Gasteiger partial charge in [-0.2, -0.15) is 0 Å². The van der Waals surface area contributed by atoms with Gasteiger partial charge in [0.1, 0.15) is 0 Å². The van der Waals surface area contributed by atoms with Crippen LogP contribution in [0.5, 0.6) is 0 Å². The lowest BCUT2D eigenvalue weighted by molar-refractivity contribution is -0.119. The predicted octanol–water partition coefficient (Wildman–Crippen LogP) is -0.374. The Hall–Kier alpha value is -0.610. The first-order valence-electron chi connectivity index (χ1n) is 5.42. The van der Waals surface area contributed by atoms with E-state index in [0.29, 0.717) is 18.4 Å². The van der Waals surface area contributed by atoms with E-state index in [4.69, 9.17) is 5.11 Å². The van der Waals surface area contributed by atoms with Crippen LogP contribution in [0.1, 0.15) is 25.7 Å². The molecule has 3 N–H and O–H groups in total. The van der Waals surface area contributed by atoms with Crippen molar-refractivity contribution in [1.29, 1.82) is 0 Å². The van der Waals surface area contributed by atoms with E-state index in [1.54, 1.807) is 0 Å². The molecule has 14 heavy (non-hydrogen) atoms. The van der Waals surface area contributed by atoms with Gasteiger partial charge >= 0.3 is 0 Å². The fourth-order valence-electron chi connectivity index (χ4n) is 2.16. The van der Waals surface area contributed by atoms with Gasteiger partial charge in [0.05, 0.1) is 6.10 Å². The number of hydrogen-bond acceptors (Lipinski definition) is 3. The standard InChI is InChI=1S/C10H18N2O2/c13-9-3-7(4-9)5-11-6-8-1-2-10(14)12-8/h7-9,11,13H,1-6H2,(H,12,14). The van der Waals surface area contributed by atoms with Gasteiger partial charge in [0, 0.05) is 19.0 Å². The van der Waals surface area contributed by atoms with Gasteiger partial charge in [0.2, 0.25) is 5.91 Å². The molecule has 2 rings (SSSR count). The molecule has 0 spiro atoms. The summed E-state index contributed by atoms with van der Waals surface area (Å²) >= 11 is 0. The van der Waals surface area contributed by atoms with Gasteiger partial charge in [0.25, 0.3) is 0 Å². The van der Waals surface area contributed by atoms with E-state index in [2.05, 4.69) is 10.6 Å². The maximum absolute atomic E-state index is 10.9. The summed E-state index contributed by atoms with van der Waals surface area (Å²) in [5, 5.41) is 15.3. The molecule has 1 saturated heterocycles. The molecule has 1 aliphatic heterocycles. The summed E-state index contributed by atoms with van der Waals surface area (Å²) in [5.41, 5.74) is 0. The smallest absolute Gasteiger partial charge is 0.220 e. The Kier molecular flexibility index (Phi) is 3.03. The van der Waals surface area contributed by atoms with E-state index in [0.717, 1.165) is 32.4 Å². The first-order chi connectivity index (χ1) is 6.74. The molecule has 0 aromatic rings. The quantitative estimate of drug-likeness (QED) is 0.577. The zero-order valence-electron chi connectivity index (χ0n) is 8.33. The minimum absolute atomic E-state index is 0.0621. The average Bonchev–Trinajstić information content (AvgIpc) is 2.48. The van der Waals surface area contributed by atoms with Crippen LogP contribution in [-0.2, 0) is 4.79 Å². The van der Waals surface area contributed by atoms with Crippen molar-refractivity contribution in [1.82, 2.24) is 10.6 Å². The highest BCUT2D eigenvalue weighted by Gasteiger charge is 2.27. The molecule has 2 fully saturated rings. The first-order valence-corrected chi connectivity index (χ1v) is 5.42. The Morgan fingerprint density at radius 1 is 1.43 bits per heavy atom. The largest absolute Gasteiger partial charge is 0.393 e. The van der Waals surface area contributed by atoms with Crippen LogP contribution in [0.2, 0.25) is 0 Å². The first kappa shape index (κ1) is 9.93. The van der Waals surface area contributed by atoms with Crippen LogP contribution >= 0.6 is 0 Å². The Morgan fingerprint density at radius 3 is 2.79 bits per heavy atom. The molecule has 1 unspecified atom stereocenters. The fraction of sp³-hybridized carbons (Fsp3) is 0.900. The number of carbonyl (C=O) groups is 1. The van der Waals surface area contributed by atoms with Crippen LogP contribution in [0.4, 0.5) is 0 Å². The second-order valence-electron chi connectivity index (χ2n) is 4.45. The fourth-order valence-corrected chi connectivity index (χ4v) is 2.16. The second-order valence-corrected chi connectivity index (χ2v) is 4.45. The molecule has 4 heteroatoms. The van der Waals surface area contributed by atoms with Crippen molar-refractivity contribution in [2.24, 2.45) is 5.92 Å². The van der Waals surface area contributed by atoms with Gasteiger partial charge in [0.15, 0.2) is 0 Å². The molecule has 1 amide bonds. The van der Waals surface area contributed by atoms with E-state index < -0.39 is 0 Å². The van der Waals surface area contributed by atoms with Crippen LogP contribution < -0.4 is 10.6 Å². The molecular formula is C10H18N2O2. The summed E-state index contributed by atoms with van der Waals surface area (Å²) in [7, 11) is 0. The highest BCUT2D eigenvalue weighted by atomic mass is 16.3. The van der Waals surface area contributed by atoms with Crippen molar-refractivity contribution in [3.63, 3.8) is 0 Å². The number of amides is 1. The molecule has 1 atom stereocenters. The van der Waals surface area contributed by atoms with Gasteiger partial charge in [-0.05, 0) is 31.7 Å². The molecular weight excluding hydrogens is 180 g/mol. The number of aliphatic hydroxyl groups excluding tert-OH is 1. The maximum Gasteiger partial charge on any atom is 0.220 e. The lowest BCUT2D eigenvalue weighted by atomic mass is 9.82. The van der Waals surface area contributed by atoms with Gasteiger partial charge in [-0.3, -0.25) is 4.79 Å². The van der Waals surface area contributed by atoms with Gasteiger partial charge in [-0.1, -0.05) is 0 Å². The molecule has 4 nitrogen and oxygen atoms in total. The molecule has 0 bridgehead atoms. The Morgan fingerprint density at radius 2 is 2.21 bits per heavy atom. The molecule has 1 aliphatic carbocycles. The number of rotatable bonds is 4. The van der Waals surface area contributed by atoms with Crippen molar-refractivity contribution in [3.8, 4) is 0 Å². The number of aliphatic hydroxyl groups is 1. The summed E-state index contributed by atoms with van der Waals surface area (Å²) in [4.78, 5) is 10.9. The summed E-state index contributed by atoms with van der Waals surface area (Å²) in [6.07, 6.45) is 3.44. The van der Waals surface area contributed by atoms with Crippen molar-refractivity contribution < 1.29 is 9.90 Å². The third-order valence-electron chi connectivity index (χ3n) is 3.12. The van der Waals surface area contributed by atoms with Crippen molar-refractivity contribution in [2.75, 3.05) is 13.1 Å². The second kappa shape index (κ2) is 4.28. The average molecular weight is 198 g/mol. The molecule has 2 aliphatic rings. The van der Waals surface area contributed by atoms with Crippen LogP contribution in [0.3, 0.4) is 0 Å². The van der Waals surface area contributed by atoms with Crippen LogP contribution in [0.15, 0.2) is 0 Å². The Balaban J connectivity index is 1.53. The zero-order valence-corrected chi connectivity index (χ0v) is 8.33. The van der Waals surface area contributed by atoms with E-state index in [1.165, 1.54) is 0 Å². The minimum Gasteiger partial charge on any atom is -0.393 e. The third-order valence-corrected chi connectivity index (χ3v) is 3.12. The highest BCUT2D eigenvalue weighted by Crippen LogP contribution is 2.26. The number of nitrogens with one attached hydrogen (secondary N) is 2. The summed E-state index contributed by atoms with van der Waals surface area (Å²) in [5.74, 6) is 0.818. The van der Waals surface area contributed by atoms with Gasteiger partial charge in [-0.15, -0.1) is 0 Å². The van der Waals surface area contributed by atoms with Crippen molar-refractivity contribution in [2.45, 2.75) is 37.8 Å². The van der Waals surface area contributed by atoms with Crippen molar-refractivity contribution in [3.05, 3.63) is 0 Å². The monoisotopic (exact) mass is 198 g/mol. The molecule has 0 aromatic carbocycles. The predicted molar refractivity (Wildman–Crippen MR) is 52.8 cm³/mol. The Labute approximate surface area is 84.1 Å². The van der Waals surface area contributed by atoms with E-state index in [9.17, 15) is 4.79 Å². The minimum atomic E-state index is -0.0621. The van der Waals surface area contributed by atoms with E-state index in [1.807, 2.05) is 0 Å². The zero-order chi connectivity index (χ0) is 9.97. The van der Waals surface area contributed by atoms with Crippen LogP contribution in [-0.4, -0.2) is 36.2 Å². The molecule has 80 valence electrons. The van der Waals surface area contributed by atoms with E-state index >= 15 is 0 Å². The van der Waals surface area contributed by atoms with Crippen LogP contribution in [0.25, 0.3) is 0 Å². The highest BCUT2D eigenvalue weighted by molar-refractivity contribution is 5.78. The lowest BCUT2D eigenvalue weighted by Crippen LogP contribution is -2.41. The third kappa shape index (κ3) is 2.45. The summed E-state index contributed by atoms with van der Waals surface area (Å²) in [6, 6.07) is 0.326. The topological polar surface area (TPSA) is 61.4 Å². The van der Waals surface area contributed by atoms with Crippen LogP contribution in [0, 0.1) is 5.92 Å². The normalized spacial score (nSPS) is 36.6. The molecule has 1 saturated carbocycles. The maximum atomic E-state index is 10.9. The van der Waals surface area contributed by atoms with Gasteiger partial charge < -0.3 is 15.7 Å². The van der Waals surface area contributed by atoms with E-state index in [-0.39, 0.29) is 12.0 Å². The molecule has 0 aromatic heterocycles.